The van der Waals surface area contributed by atoms with E-state index in [1.807, 2.05) is 0 Å². The van der Waals surface area contributed by atoms with E-state index in [0.717, 1.165) is 25.9 Å². The van der Waals surface area contributed by atoms with Crippen molar-refractivity contribution >= 4 is 17.8 Å². The third-order valence-corrected chi connectivity index (χ3v) is 4.19. The third-order valence-electron chi connectivity index (χ3n) is 4.19. The average molecular weight is 321 g/mol. The van der Waals surface area contributed by atoms with E-state index in [4.69, 9.17) is 4.74 Å². The second kappa shape index (κ2) is 6.85. The minimum Gasteiger partial charge on any atom is -0.465 e. The van der Waals surface area contributed by atoms with Crippen LogP contribution in [0.25, 0.3) is 0 Å². The lowest BCUT2D eigenvalue weighted by Crippen LogP contribution is -2.46. The molecule has 126 valence electrons. The fraction of sp³-hybridized carbons (Fsp3) is 0.562. The van der Waals surface area contributed by atoms with Crippen LogP contribution in [0.2, 0.25) is 0 Å². The topological polar surface area (TPSA) is 91.5 Å². The molecule has 0 bridgehead atoms. The predicted octanol–water partition coefficient (Wildman–Crippen LogP) is 1.16. The van der Waals surface area contributed by atoms with Crippen LogP contribution < -0.4 is 5.32 Å². The number of hydrogen-bond acceptors (Lipinski definition) is 4. The van der Waals surface area contributed by atoms with Gasteiger partial charge in [0.15, 0.2) is 0 Å². The summed E-state index contributed by atoms with van der Waals surface area (Å²) in [5.41, 5.74) is 1.73. The van der Waals surface area contributed by atoms with Crippen molar-refractivity contribution in [3.8, 4) is 0 Å². The second-order valence-corrected chi connectivity index (χ2v) is 5.84. The molecule has 2 amide bonds. The zero-order valence-corrected chi connectivity index (χ0v) is 14.0. The molecule has 1 aromatic heterocycles. The number of aryl methyl sites for hydroxylation is 1. The number of H-pyrrole nitrogens is 1. The maximum absolute atomic E-state index is 12.4. The summed E-state index contributed by atoms with van der Waals surface area (Å²) in [4.78, 5) is 41.1. The molecule has 7 heteroatoms. The number of nitrogens with zero attached hydrogens (tertiary/aromatic N) is 1. The highest BCUT2D eigenvalue weighted by atomic mass is 16.5. The molecule has 0 saturated carbocycles. The van der Waals surface area contributed by atoms with Crippen molar-refractivity contribution in [2.45, 2.75) is 39.7 Å². The summed E-state index contributed by atoms with van der Waals surface area (Å²) in [6, 6.07) is -0.606. The van der Waals surface area contributed by atoms with Crippen molar-refractivity contribution in [2.75, 3.05) is 20.2 Å². The van der Waals surface area contributed by atoms with E-state index < -0.39 is 17.9 Å². The van der Waals surface area contributed by atoms with Crippen molar-refractivity contribution < 1.29 is 19.1 Å². The van der Waals surface area contributed by atoms with Crippen molar-refractivity contribution in [1.82, 2.24) is 15.2 Å². The summed E-state index contributed by atoms with van der Waals surface area (Å²) < 4.78 is 4.73. The highest BCUT2D eigenvalue weighted by Crippen LogP contribution is 2.19. The van der Waals surface area contributed by atoms with Crippen LogP contribution in [0.4, 0.5) is 0 Å². The first kappa shape index (κ1) is 17.1. The Bertz CT molecular complexity index is 630. The van der Waals surface area contributed by atoms with Gasteiger partial charge in [-0.05, 0) is 39.2 Å². The Kier molecular flexibility index (Phi) is 5.08. The van der Waals surface area contributed by atoms with E-state index in [2.05, 4.69) is 10.3 Å². The van der Waals surface area contributed by atoms with E-state index >= 15 is 0 Å². The van der Waals surface area contributed by atoms with Crippen LogP contribution >= 0.6 is 0 Å². The first-order valence-electron chi connectivity index (χ1n) is 7.74. The molecule has 1 aliphatic heterocycles. The van der Waals surface area contributed by atoms with Gasteiger partial charge >= 0.3 is 5.97 Å². The zero-order valence-electron chi connectivity index (χ0n) is 14.0. The van der Waals surface area contributed by atoms with Crippen molar-refractivity contribution in [2.24, 2.45) is 0 Å². The third kappa shape index (κ3) is 3.38. The smallest absolute Gasteiger partial charge is 0.339 e. The van der Waals surface area contributed by atoms with E-state index in [0.29, 0.717) is 16.8 Å². The Morgan fingerprint density at radius 3 is 2.39 bits per heavy atom. The predicted molar refractivity (Wildman–Crippen MR) is 84.3 cm³/mol. The van der Waals surface area contributed by atoms with Gasteiger partial charge in [0.1, 0.15) is 11.7 Å². The normalized spacial score (nSPS) is 15.4. The molecule has 0 aliphatic carbocycles. The van der Waals surface area contributed by atoms with E-state index in [1.54, 1.807) is 25.7 Å². The molecule has 2 N–H and O–H groups in total. The minimum absolute atomic E-state index is 0.0787. The van der Waals surface area contributed by atoms with Crippen molar-refractivity contribution in [3.63, 3.8) is 0 Å². The fourth-order valence-corrected chi connectivity index (χ4v) is 2.93. The number of ether oxygens (including phenoxy) is 1. The number of esters is 1. The number of aromatic nitrogens is 1. The van der Waals surface area contributed by atoms with Crippen LogP contribution in [0.15, 0.2) is 0 Å². The molecule has 2 rings (SSSR count). The number of likely N-dealkylation sites (tertiary alicyclic amines) is 1. The molecular weight excluding hydrogens is 298 g/mol. The molecule has 1 fully saturated rings. The Hall–Kier alpha value is -2.31. The van der Waals surface area contributed by atoms with E-state index in [-0.39, 0.29) is 11.6 Å². The molecule has 0 radical (unpaired) electrons. The molecule has 2 heterocycles. The molecule has 0 spiro atoms. The quantitative estimate of drug-likeness (QED) is 0.814. The molecule has 23 heavy (non-hydrogen) atoms. The molecule has 1 unspecified atom stereocenters. The van der Waals surface area contributed by atoms with Crippen molar-refractivity contribution in [1.29, 1.82) is 0 Å². The highest BCUT2D eigenvalue weighted by molar-refractivity contribution is 6.01. The molecule has 1 aromatic rings. The van der Waals surface area contributed by atoms with Gasteiger partial charge in [-0.25, -0.2) is 4.79 Å². The van der Waals surface area contributed by atoms with Gasteiger partial charge < -0.3 is 19.9 Å². The van der Waals surface area contributed by atoms with Gasteiger partial charge in [-0.1, -0.05) is 0 Å². The fourth-order valence-electron chi connectivity index (χ4n) is 2.93. The van der Waals surface area contributed by atoms with Crippen LogP contribution in [0, 0.1) is 13.8 Å². The molecular formula is C16H23N3O4. The number of hydrogen-bond donors (Lipinski definition) is 2. The maximum atomic E-state index is 12.4. The number of aromatic amines is 1. The van der Waals surface area contributed by atoms with Gasteiger partial charge in [0.05, 0.1) is 12.7 Å². The lowest BCUT2D eigenvalue weighted by atomic mass is 10.1. The number of nitrogens with one attached hydrogen (secondary N) is 2. The molecule has 1 aliphatic rings. The number of amides is 2. The van der Waals surface area contributed by atoms with Gasteiger partial charge in [-0.3, -0.25) is 9.59 Å². The maximum Gasteiger partial charge on any atom is 0.339 e. The van der Waals surface area contributed by atoms with Gasteiger partial charge in [0, 0.05) is 18.8 Å². The Morgan fingerprint density at radius 1 is 1.22 bits per heavy atom. The SMILES string of the molecule is COC(=O)c1c(C)[nH]c(C(=O)NC(C)C(=O)N2CCCC2)c1C. The van der Waals surface area contributed by atoms with E-state index in [1.165, 1.54) is 7.11 Å². The average Bonchev–Trinajstić information content (AvgIpc) is 3.14. The minimum atomic E-state index is -0.606. The second-order valence-electron chi connectivity index (χ2n) is 5.84. The first-order valence-corrected chi connectivity index (χ1v) is 7.74. The summed E-state index contributed by atoms with van der Waals surface area (Å²) in [7, 11) is 1.30. The van der Waals surface area contributed by atoms with Gasteiger partial charge in [0.25, 0.3) is 5.91 Å². The Balaban J connectivity index is 2.11. The number of carbonyl (C=O) groups excluding carboxylic acids is 3. The van der Waals surface area contributed by atoms with Gasteiger partial charge in [0.2, 0.25) is 5.91 Å². The van der Waals surface area contributed by atoms with Crippen LogP contribution in [0.1, 0.15) is 51.9 Å². The van der Waals surface area contributed by atoms with Crippen LogP contribution in [-0.2, 0) is 9.53 Å². The first-order chi connectivity index (χ1) is 10.9. The molecule has 7 nitrogen and oxygen atoms in total. The summed E-state index contributed by atoms with van der Waals surface area (Å²) in [6.45, 7) is 6.54. The number of methoxy groups -OCH3 is 1. The van der Waals surface area contributed by atoms with Crippen LogP contribution in [-0.4, -0.2) is 53.9 Å². The lowest BCUT2D eigenvalue weighted by Gasteiger charge is -2.21. The highest BCUT2D eigenvalue weighted by Gasteiger charge is 2.27. The summed E-state index contributed by atoms with van der Waals surface area (Å²) in [5.74, 6) is -0.970. The number of carbonyl (C=O) groups is 3. The summed E-state index contributed by atoms with van der Waals surface area (Å²) >= 11 is 0. The molecule has 0 aromatic carbocycles. The van der Waals surface area contributed by atoms with Gasteiger partial charge in [-0.15, -0.1) is 0 Å². The Morgan fingerprint density at radius 2 is 1.83 bits per heavy atom. The van der Waals surface area contributed by atoms with Crippen LogP contribution in [0.3, 0.4) is 0 Å². The Labute approximate surface area is 135 Å². The summed E-state index contributed by atoms with van der Waals surface area (Å²) in [6.07, 6.45) is 2.01. The molecule has 1 saturated heterocycles. The number of rotatable bonds is 4. The van der Waals surface area contributed by atoms with Crippen molar-refractivity contribution in [3.05, 3.63) is 22.5 Å². The lowest BCUT2D eigenvalue weighted by molar-refractivity contribution is -0.131. The van der Waals surface area contributed by atoms with Crippen LogP contribution in [0.5, 0.6) is 0 Å². The summed E-state index contributed by atoms with van der Waals surface area (Å²) in [5, 5.41) is 2.70. The standard InChI is InChI=1S/C16H23N3O4/c1-9-12(16(22)23-4)10(2)17-13(9)14(20)18-11(3)15(21)19-7-5-6-8-19/h11,17H,5-8H2,1-4H3,(H,18,20). The largest absolute Gasteiger partial charge is 0.465 e. The molecule has 1 atom stereocenters. The monoisotopic (exact) mass is 321 g/mol. The van der Waals surface area contributed by atoms with Gasteiger partial charge in [-0.2, -0.15) is 0 Å². The van der Waals surface area contributed by atoms with E-state index in [9.17, 15) is 14.4 Å². The zero-order chi connectivity index (χ0) is 17.1.